The predicted molar refractivity (Wildman–Crippen MR) is 62.9 cm³/mol. The summed E-state index contributed by atoms with van der Waals surface area (Å²) in [6.45, 7) is 1.65. The summed E-state index contributed by atoms with van der Waals surface area (Å²) in [4.78, 5) is 11.4. The lowest BCUT2D eigenvalue weighted by Gasteiger charge is -2.24. The topological polar surface area (TPSA) is 38.3 Å². The largest absolute Gasteiger partial charge is 0.479 e. The van der Waals surface area contributed by atoms with Gasteiger partial charge in [0.25, 0.3) is 5.91 Å². The molecule has 0 spiro atoms. The molecule has 1 aromatic carbocycles. The summed E-state index contributed by atoms with van der Waals surface area (Å²) in [6.07, 6.45) is -0.536. The maximum atomic E-state index is 11.4. The van der Waals surface area contributed by atoms with E-state index in [9.17, 15) is 4.79 Å². The van der Waals surface area contributed by atoms with E-state index in [4.69, 9.17) is 27.9 Å². The number of anilines is 1. The Morgan fingerprint density at radius 1 is 1.53 bits per heavy atom. The zero-order chi connectivity index (χ0) is 11.2. The number of carbonyl (C=O) groups excluding carboxylic acids is 1. The van der Waals surface area contributed by atoms with Gasteiger partial charge in [-0.25, -0.2) is 0 Å². The molecule has 6 heteroatoms. The molecule has 80 valence electrons. The normalized spacial score (nSPS) is 19.2. The van der Waals surface area contributed by atoms with E-state index in [-0.39, 0.29) is 5.91 Å². The predicted octanol–water partition coefficient (Wildman–Crippen LogP) is 3.48. The molecule has 1 aliphatic rings. The second-order valence-electron chi connectivity index (χ2n) is 3.11. The highest BCUT2D eigenvalue weighted by atomic mass is 79.9. The minimum Gasteiger partial charge on any atom is -0.479 e. The summed E-state index contributed by atoms with van der Waals surface area (Å²) >= 11 is 15.1. The number of rotatable bonds is 0. The van der Waals surface area contributed by atoms with Crippen LogP contribution in [0.4, 0.5) is 5.69 Å². The smallest absolute Gasteiger partial charge is 0.265 e. The maximum absolute atomic E-state index is 11.4. The SMILES string of the molecule is CC1Oc2cc(Cl)c(Br)c(Cl)c2NC1=O. The molecule has 1 amide bonds. The van der Waals surface area contributed by atoms with Gasteiger partial charge in [-0.05, 0) is 22.9 Å². The highest BCUT2D eigenvalue weighted by molar-refractivity contribution is 9.10. The third-order valence-corrected chi connectivity index (χ3v) is 4.00. The van der Waals surface area contributed by atoms with E-state index < -0.39 is 6.10 Å². The summed E-state index contributed by atoms with van der Waals surface area (Å²) in [5.74, 6) is 0.263. The molecule has 0 saturated carbocycles. The molecule has 0 aromatic heterocycles. The van der Waals surface area contributed by atoms with Crippen LogP contribution in [0.5, 0.6) is 5.75 Å². The summed E-state index contributed by atoms with van der Waals surface area (Å²) in [5.41, 5.74) is 0.455. The molecule has 1 aliphatic heterocycles. The van der Waals surface area contributed by atoms with Gasteiger partial charge < -0.3 is 10.1 Å². The van der Waals surface area contributed by atoms with E-state index in [0.717, 1.165) is 0 Å². The van der Waals surface area contributed by atoms with Gasteiger partial charge in [0, 0.05) is 6.07 Å². The van der Waals surface area contributed by atoms with E-state index in [1.54, 1.807) is 13.0 Å². The fourth-order valence-electron chi connectivity index (χ4n) is 1.25. The number of nitrogens with one attached hydrogen (secondary N) is 1. The standard InChI is InChI=1S/C9H6BrCl2NO2/c1-3-9(14)13-8-5(15-3)2-4(11)6(10)7(8)12/h2-3H,1H3,(H,13,14). The number of halogens is 3. The van der Waals surface area contributed by atoms with E-state index in [2.05, 4.69) is 21.2 Å². The van der Waals surface area contributed by atoms with E-state index in [1.807, 2.05) is 0 Å². The molecule has 0 bridgehead atoms. The molecule has 1 aromatic rings. The monoisotopic (exact) mass is 309 g/mol. The quantitative estimate of drug-likeness (QED) is 0.745. The summed E-state index contributed by atoms with van der Waals surface area (Å²) < 4.78 is 5.90. The molecule has 15 heavy (non-hydrogen) atoms. The number of fused-ring (bicyclic) bond motifs is 1. The van der Waals surface area contributed by atoms with Crippen molar-refractivity contribution in [2.24, 2.45) is 0 Å². The van der Waals surface area contributed by atoms with Crippen molar-refractivity contribution in [1.29, 1.82) is 0 Å². The zero-order valence-corrected chi connectivity index (χ0v) is 10.7. The first kappa shape index (κ1) is 11.0. The number of amides is 1. The second-order valence-corrected chi connectivity index (χ2v) is 4.69. The molecule has 0 radical (unpaired) electrons. The van der Waals surface area contributed by atoms with Gasteiger partial charge in [0.05, 0.1) is 14.5 Å². The minimum absolute atomic E-state index is 0.223. The molecule has 0 fully saturated rings. The summed E-state index contributed by atoms with van der Waals surface area (Å²) in [7, 11) is 0. The zero-order valence-electron chi connectivity index (χ0n) is 7.61. The van der Waals surface area contributed by atoms with Crippen LogP contribution in [0, 0.1) is 0 Å². The fraction of sp³-hybridized carbons (Fsp3) is 0.222. The van der Waals surface area contributed by atoms with Gasteiger partial charge in [0.1, 0.15) is 11.4 Å². The molecule has 2 rings (SSSR count). The van der Waals surface area contributed by atoms with E-state index in [1.165, 1.54) is 0 Å². The number of hydrogen-bond acceptors (Lipinski definition) is 2. The van der Waals surface area contributed by atoms with Crippen LogP contribution in [0.2, 0.25) is 10.0 Å². The molecule has 0 aliphatic carbocycles. The Morgan fingerprint density at radius 3 is 2.87 bits per heavy atom. The van der Waals surface area contributed by atoms with Gasteiger partial charge in [-0.2, -0.15) is 0 Å². The van der Waals surface area contributed by atoms with Gasteiger partial charge in [0.2, 0.25) is 0 Å². The summed E-state index contributed by atoms with van der Waals surface area (Å²) in [5, 5.41) is 3.45. The molecule has 1 heterocycles. The van der Waals surface area contributed by atoms with Gasteiger partial charge in [-0.15, -0.1) is 0 Å². The van der Waals surface area contributed by atoms with Crippen molar-refractivity contribution in [3.63, 3.8) is 0 Å². The van der Waals surface area contributed by atoms with E-state index in [0.29, 0.717) is 26.0 Å². The van der Waals surface area contributed by atoms with Crippen molar-refractivity contribution in [3.05, 3.63) is 20.6 Å². The Hall–Kier alpha value is -0.450. The van der Waals surface area contributed by atoms with Crippen LogP contribution in [0.1, 0.15) is 6.92 Å². The third kappa shape index (κ3) is 1.82. The van der Waals surface area contributed by atoms with Crippen LogP contribution >= 0.6 is 39.1 Å². The lowest BCUT2D eigenvalue weighted by molar-refractivity contribution is -0.122. The first-order valence-corrected chi connectivity index (χ1v) is 5.70. The van der Waals surface area contributed by atoms with Crippen molar-refractivity contribution >= 4 is 50.7 Å². The van der Waals surface area contributed by atoms with Crippen LogP contribution < -0.4 is 10.1 Å². The van der Waals surface area contributed by atoms with Gasteiger partial charge >= 0.3 is 0 Å². The van der Waals surface area contributed by atoms with Gasteiger partial charge in [-0.3, -0.25) is 4.79 Å². The van der Waals surface area contributed by atoms with Crippen LogP contribution in [-0.2, 0) is 4.79 Å². The highest BCUT2D eigenvalue weighted by Crippen LogP contribution is 2.44. The first-order chi connectivity index (χ1) is 7.00. The first-order valence-electron chi connectivity index (χ1n) is 4.15. The van der Waals surface area contributed by atoms with Crippen molar-refractivity contribution in [1.82, 2.24) is 0 Å². The maximum Gasteiger partial charge on any atom is 0.265 e. The van der Waals surface area contributed by atoms with Crippen LogP contribution in [0.15, 0.2) is 10.5 Å². The van der Waals surface area contributed by atoms with Crippen LogP contribution in [0.3, 0.4) is 0 Å². The molecular formula is C9H6BrCl2NO2. The van der Waals surface area contributed by atoms with Crippen molar-refractivity contribution < 1.29 is 9.53 Å². The summed E-state index contributed by atoms with van der Waals surface area (Å²) in [6, 6.07) is 1.61. The fourth-order valence-corrected chi connectivity index (χ4v) is 2.05. The Balaban J connectivity index is 2.58. The highest BCUT2D eigenvalue weighted by Gasteiger charge is 2.27. The number of benzene rings is 1. The van der Waals surface area contributed by atoms with Gasteiger partial charge in [-0.1, -0.05) is 23.2 Å². The van der Waals surface area contributed by atoms with Crippen molar-refractivity contribution in [2.75, 3.05) is 5.32 Å². The molecule has 0 saturated heterocycles. The van der Waals surface area contributed by atoms with Crippen molar-refractivity contribution in [3.8, 4) is 5.75 Å². The number of hydrogen-bond donors (Lipinski definition) is 1. The Labute approximate surface area is 105 Å². The Kier molecular flexibility index (Phi) is 2.83. The Bertz CT molecular complexity index is 450. The molecule has 1 N–H and O–H groups in total. The molecule has 3 nitrogen and oxygen atoms in total. The third-order valence-electron chi connectivity index (χ3n) is 2.05. The number of ether oxygens (including phenoxy) is 1. The van der Waals surface area contributed by atoms with Crippen molar-refractivity contribution in [2.45, 2.75) is 13.0 Å². The molecule has 1 unspecified atom stereocenters. The van der Waals surface area contributed by atoms with Gasteiger partial charge in [0.15, 0.2) is 6.10 Å². The Morgan fingerprint density at radius 2 is 2.20 bits per heavy atom. The number of carbonyl (C=O) groups is 1. The average Bonchev–Trinajstić information content (AvgIpc) is 2.19. The van der Waals surface area contributed by atoms with E-state index >= 15 is 0 Å². The lowest BCUT2D eigenvalue weighted by atomic mass is 10.2. The van der Waals surface area contributed by atoms with Crippen LogP contribution in [0.25, 0.3) is 0 Å². The average molecular weight is 311 g/mol. The second kappa shape index (κ2) is 3.85. The molecule has 1 atom stereocenters. The van der Waals surface area contributed by atoms with Crippen LogP contribution in [-0.4, -0.2) is 12.0 Å². The minimum atomic E-state index is -0.536. The lowest BCUT2D eigenvalue weighted by Crippen LogP contribution is -2.34. The molecular weight excluding hydrogens is 305 g/mol.